The number of rotatable bonds is 8. The summed E-state index contributed by atoms with van der Waals surface area (Å²) < 4.78 is 30.3. The lowest BCUT2D eigenvalue weighted by Gasteiger charge is -2.24. The van der Waals surface area contributed by atoms with E-state index in [2.05, 4.69) is 10.7 Å². The van der Waals surface area contributed by atoms with Crippen LogP contribution in [0.2, 0.25) is 0 Å². The van der Waals surface area contributed by atoms with Crippen LogP contribution in [0.5, 0.6) is 0 Å². The highest BCUT2D eigenvalue weighted by Crippen LogP contribution is 2.22. The number of benzene rings is 2. The maximum atomic E-state index is 12.4. The van der Waals surface area contributed by atoms with Crippen LogP contribution in [0.3, 0.4) is 0 Å². The zero-order chi connectivity index (χ0) is 20.0. The first-order valence-corrected chi connectivity index (χ1v) is 9.88. The van der Waals surface area contributed by atoms with E-state index in [9.17, 15) is 13.2 Å². The molecule has 0 unspecified atom stereocenters. The molecule has 2 aromatic rings. The monoisotopic (exact) mass is 392 g/mol. The number of carbonyl (C=O) groups is 1. The first-order valence-electron chi connectivity index (χ1n) is 8.27. The third kappa shape index (κ3) is 6.15. The molecule has 0 atom stereocenters. The second kappa shape index (κ2) is 8.74. The van der Waals surface area contributed by atoms with Crippen LogP contribution in [-0.2, 0) is 10.1 Å². The predicted octanol–water partition coefficient (Wildman–Crippen LogP) is 1.83. The Balaban J connectivity index is 2.10. The van der Waals surface area contributed by atoms with Gasteiger partial charge in [-0.05, 0) is 36.4 Å². The first kappa shape index (κ1) is 20.5. The Morgan fingerprint density at radius 2 is 1.67 bits per heavy atom. The van der Waals surface area contributed by atoms with Crippen molar-refractivity contribution in [2.45, 2.75) is 0 Å². The smallest absolute Gasteiger partial charge is 0.266 e. The van der Waals surface area contributed by atoms with Gasteiger partial charge >= 0.3 is 0 Å². The SMILES string of the molecule is CN(C)c1ccc(NN(C)c2ccccc2C(=O)NCCS(=O)(=O)O)cc1. The highest BCUT2D eigenvalue weighted by Gasteiger charge is 2.15. The number of nitrogens with zero attached hydrogens (tertiary/aromatic N) is 2. The van der Waals surface area contributed by atoms with Crippen LogP contribution >= 0.6 is 0 Å². The van der Waals surface area contributed by atoms with E-state index in [1.54, 1.807) is 36.3 Å². The van der Waals surface area contributed by atoms with Crippen molar-refractivity contribution in [3.8, 4) is 0 Å². The van der Waals surface area contributed by atoms with Gasteiger partial charge < -0.3 is 10.2 Å². The van der Waals surface area contributed by atoms with Crippen LogP contribution in [-0.4, -0.2) is 52.3 Å². The van der Waals surface area contributed by atoms with Crippen molar-refractivity contribution in [2.24, 2.45) is 0 Å². The van der Waals surface area contributed by atoms with E-state index in [1.807, 2.05) is 43.3 Å². The molecular weight excluding hydrogens is 368 g/mol. The Morgan fingerprint density at radius 1 is 1.04 bits per heavy atom. The molecule has 0 aliphatic rings. The molecule has 0 aliphatic heterocycles. The van der Waals surface area contributed by atoms with Crippen molar-refractivity contribution >= 4 is 33.1 Å². The van der Waals surface area contributed by atoms with Crippen molar-refractivity contribution in [2.75, 3.05) is 48.8 Å². The van der Waals surface area contributed by atoms with Crippen molar-refractivity contribution in [3.05, 3.63) is 54.1 Å². The summed E-state index contributed by atoms with van der Waals surface area (Å²) in [6.45, 7) is -0.171. The summed E-state index contributed by atoms with van der Waals surface area (Å²) in [6, 6.07) is 14.8. The molecule has 0 radical (unpaired) electrons. The van der Waals surface area contributed by atoms with Gasteiger partial charge in [-0.1, -0.05) is 12.1 Å². The molecule has 0 bridgehead atoms. The quantitative estimate of drug-likeness (QED) is 0.465. The molecular formula is C18H24N4O4S. The zero-order valence-electron chi connectivity index (χ0n) is 15.5. The van der Waals surface area contributed by atoms with Gasteiger partial charge in [0.1, 0.15) is 0 Å². The standard InChI is InChI=1S/C18H24N4O4S/c1-21(2)15-10-8-14(9-11-15)20-22(3)17-7-5-4-6-16(17)18(23)19-12-13-27(24,25)26/h4-11,20H,12-13H2,1-3H3,(H,19,23)(H,24,25,26). The van der Waals surface area contributed by atoms with Crippen LogP contribution in [0.4, 0.5) is 17.1 Å². The second-order valence-electron chi connectivity index (χ2n) is 6.17. The molecule has 146 valence electrons. The van der Waals surface area contributed by atoms with E-state index in [-0.39, 0.29) is 6.54 Å². The molecule has 2 rings (SSSR count). The average molecular weight is 392 g/mol. The highest BCUT2D eigenvalue weighted by atomic mass is 32.2. The van der Waals surface area contributed by atoms with Gasteiger partial charge in [0, 0.05) is 33.4 Å². The second-order valence-corrected chi connectivity index (χ2v) is 7.74. The summed E-state index contributed by atoms with van der Waals surface area (Å²) in [6.07, 6.45) is 0. The average Bonchev–Trinajstić information content (AvgIpc) is 2.61. The lowest BCUT2D eigenvalue weighted by atomic mass is 10.1. The summed E-state index contributed by atoms with van der Waals surface area (Å²) >= 11 is 0. The van der Waals surface area contributed by atoms with Crippen LogP contribution < -0.4 is 20.7 Å². The molecule has 8 nitrogen and oxygen atoms in total. The van der Waals surface area contributed by atoms with Crippen molar-refractivity contribution in [1.82, 2.24) is 5.32 Å². The Labute approximate surface area is 159 Å². The Kier molecular flexibility index (Phi) is 6.65. The van der Waals surface area contributed by atoms with E-state index in [1.165, 1.54) is 0 Å². The van der Waals surface area contributed by atoms with Gasteiger partial charge in [-0.2, -0.15) is 8.42 Å². The van der Waals surface area contributed by atoms with E-state index in [4.69, 9.17) is 4.55 Å². The minimum absolute atomic E-state index is 0.171. The Hall–Kier alpha value is -2.78. The van der Waals surface area contributed by atoms with Crippen LogP contribution in [0.15, 0.2) is 48.5 Å². The molecule has 0 spiro atoms. The van der Waals surface area contributed by atoms with Gasteiger partial charge in [0.15, 0.2) is 0 Å². The van der Waals surface area contributed by atoms with Gasteiger partial charge in [-0.3, -0.25) is 19.8 Å². The molecule has 0 fully saturated rings. The molecule has 9 heteroatoms. The lowest BCUT2D eigenvalue weighted by molar-refractivity contribution is 0.0956. The normalized spacial score (nSPS) is 11.0. The molecule has 3 N–H and O–H groups in total. The van der Waals surface area contributed by atoms with E-state index in [0.29, 0.717) is 11.3 Å². The minimum Gasteiger partial charge on any atom is -0.378 e. The van der Waals surface area contributed by atoms with E-state index < -0.39 is 21.8 Å². The first-order chi connectivity index (χ1) is 12.7. The number of hydrogen-bond acceptors (Lipinski definition) is 6. The Morgan fingerprint density at radius 3 is 2.26 bits per heavy atom. The van der Waals surface area contributed by atoms with E-state index in [0.717, 1.165) is 11.4 Å². The summed E-state index contributed by atoms with van der Waals surface area (Å²) in [7, 11) is 1.59. The number of anilines is 3. The largest absolute Gasteiger partial charge is 0.378 e. The molecule has 0 heterocycles. The molecule has 0 saturated heterocycles. The van der Waals surface area contributed by atoms with Gasteiger partial charge in [-0.25, -0.2) is 0 Å². The molecule has 0 aromatic heterocycles. The van der Waals surface area contributed by atoms with Crippen molar-refractivity contribution in [3.63, 3.8) is 0 Å². The molecule has 2 aromatic carbocycles. The number of hydrogen-bond donors (Lipinski definition) is 3. The van der Waals surface area contributed by atoms with Crippen LogP contribution in [0.25, 0.3) is 0 Å². The molecule has 1 amide bonds. The Bertz CT molecular complexity index is 882. The van der Waals surface area contributed by atoms with Crippen molar-refractivity contribution in [1.29, 1.82) is 0 Å². The number of amides is 1. The lowest BCUT2D eigenvalue weighted by Crippen LogP contribution is -2.32. The van der Waals surface area contributed by atoms with Gasteiger partial charge in [-0.15, -0.1) is 0 Å². The van der Waals surface area contributed by atoms with Crippen LogP contribution in [0, 0.1) is 0 Å². The van der Waals surface area contributed by atoms with Gasteiger partial charge in [0.25, 0.3) is 16.0 Å². The maximum Gasteiger partial charge on any atom is 0.266 e. The summed E-state index contributed by atoms with van der Waals surface area (Å²) in [5.41, 5.74) is 6.13. The summed E-state index contributed by atoms with van der Waals surface area (Å²) in [5.74, 6) is -0.960. The third-order valence-electron chi connectivity index (χ3n) is 3.84. The molecule has 0 saturated carbocycles. The minimum atomic E-state index is -4.12. The summed E-state index contributed by atoms with van der Waals surface area (Å²) in [5, 5.41) is 4.21. The van der Waals surface area contributed by atoms with Crippen LogP contribution in [0.1, 0.15) is 10.4 Å². The summed E-state index contributed by atoms with van der Waals surface area (Å²) in [4.78, 5) is 14.4. The molecule has 0 aliphatic carbocycles. The number of hydrazine groups is 1. The number of nitrogens with one attached hydrogen (secondary N) is 2. The maximum absolute atomic E-state index is 12.4. The van der Waals surface area contributed by atoms with Gasteiger partial charge in [0.05, 0.1) is 22.7 Å². The number of carbonyl (C=O) groups excluding carboxylic acids is 1. The fraction of sp³-hybridized carbons (Fsp3) is 0.278. The topological polar surface area (TPSA) is 102 Å². The van der Waals surface area contributed by atoms with Crippen molar-refractivity contribution < 1.29 is 17.8 Å². The fourth-order valence-electron chi connectivity index (χ4n) is 2.43. The zero-order valence-corrected chi connectivity index (χ0v) is 16.3. The highest BCUT2D eigenvalue weighted by molar-refractivity contribution is 7.85. The number of para-hydroxylation sites is 1. The third-order valence-corrected chi connectivity index (χ3v) is 4.56. The van der Waals surface area contributed by atoms with E-state index >= 15 is 0 Å². The fourth-order valence-corrected chi connectivity index (χ4v) is 2.79. The predicted molar refractivity (Wildman–Crippen MR) is 108 cm³/mol. The molecule has 27 heavy (non-hydrogen) atoms. The van der Waals surface area contributed by atoms with Gasteiger partial charge in [0.2, 0.25) is 0 Å².